The van der Waals surface area contributed by atoms with E-state index in [1.165, 1.54) is 6.42 Å². The number of anilines is 1. The van der Waals surface area contributed by atoms with E-state index in [2.05, 4.69) is 10.3 Å². The number of pyridine rings is 1. The topological polar surface area (TPSA) is 34.1 Å². The third-order valence-electron chi connectivity index (χ3n) is 3.80. The maximum Gasteiger partial charge on any atom is 0.0772 e. The van der Waals surface area contributed by atoms with Crippen LogP contribution in [0.25, 0.3) is 10.9 Å². The molecule has 1 aliphatic rings. The molecule has 2 unspecified atom stereocenters. The van der Waals surface area contributed by atoms with E-state index in [0.29, 0.717) is 17.2 Å². The third kappa shape index (κ3) is 2.53. The van der Waals surface area contributed by atoms with Gasteiger partial charge in [0, 0.05) is 29.4 Å². The molecule has 2 atom stereocenters. The molecular formula is C15H17ClN2O. The Morgan fingerprint density at radius 2 is 2.21 bits per heavy atom. The molecule has 0 bridgehead atoms. The Bertz CT molecular complexity index is 587. The lowest BCUT2D eigenvalue weighted by molar-refractivity contribution is 0.101. The number of aromatic nitrogens is 1. The molecular weight excluding hydrogens is 260 g/mol. The van der Waals surface area contributed by atoms with Crippen LogP contribution in [0.4, 0.5) is 5.69 Å². The molecule has 0 saturated heterocycles. The zero-order valence-electron chi connectivity index (χ0n) is 10.9. The van der Waals surface area contributed by atoms with Crippen LogP contribution in [0.2, 0.25) is 5.02 Å². The van der Waals surface area contributed by atoms with Crippen LogP contribution >= 0.6 is 11.6 Å². The Balaban J connectivity index is 1.92. The minimum Gasteiger partial charge on any atom is -0.379 e. The first-order chi connectivity index (χ1) is 9.28. The molecule has 1 aromatic heterocycles. The summed E-state index contributed by atoms with van der Waals surface area (Å²) in [5, 5.41) is 5.42. The summed E-state index contributed by atoms with van der Waals surface area (Å²) >= 11 is 6.01. The smallest absolute Gasteiger partial charge is 0.0772 e. The van der Waals surface area contributed by atoms with Gasteiger partial charge in [0.15, 0.2) is 0 Å². The van der Waals surface area contributed by atoms with Gasteiger partial charge >= 0.3 is 0 Å². The predicted octanol–water partition coefficient (Wildman–Crippen LogP) is 3.87. The summed E-state index contributed by atoms with van der Waals surface area (Å²) < 4.78 is 5.53. The molecule has 1 N–H and O–H groups in total. The maximum absolute atomic E-state index is 6.01. The standard InChI is InChI=1S/C15H17ClN2O/c1-19-15-4-2-3-13(15)18-12-7-8-17-14-9-10(16)5-6-11(12)14/h5-9,13,15H,2-4H2,1H3,(H,17,18). The van der Waals surface area contributed by atoms with Crippen molar-refractivity contribution in [3.63, 3.8) is 0 Å². The highest BCUT2D eigenvalue weighted by Gasteiger charge is 2.27. The number of fused-ring (bicyclic) bond motifs is 1. The first-order valence-corrected chi connectivity index (χ1v) is 6.99. The molecule has 1 fully saturated rings. The van der Waals surface area contributed by atoms with Gasteiger partial charge in [-0.3, -0.25) is 4.98 Å². The highest BCUT2D eigenvalue weighted by Crippen LogP contribution is 2.29. The van der Waals surface area contributed by atoms with Gasteiger partial charge in [-0.2, -0.15) is 0 Å². The van der Waals surface area contributed by atoms with E-state index >= 15 is 0 Å². The van der Waals surface area contributed by atoms with Gasteiger partial charge < -0.3 is 10.1 Å². The molecule has 3 nitrogen and oxygen atoms in total. The molecule has 0 radical (unpaired) electrons. The molecule has 1 saturated carbocycles. The molecule has 0 spiro atoms. The van der Waals surface area contributed by atoms with Crippen LogP contribution in [-0.4, -0.2) is 24.2 Å². The number of ether oxygens (including phenoxy) is 1. The number of halogens is 1. The van der Waals surface area contributed by atoms with E-state index in [1.54, 1.807) is 7.11 Å². The quantitative estimate of drug-likeness (QED) is 0.924. The summed E-state index contributed by atoms with van der Waals surface area (Å²) in [6.45, 7) is 0. The molecule has 0 amide bonds. The van der Waals surface area contributed by atoms with Crippen LogP contribution in [-0.2, 0) is 4.74 Å². The van der Waals surface area contributed by atoms with Crippen molar-refractivity contribution in [3.05, 3.63) is 35.5 Å². The number of benzene rings is 1. The van der Waals surface area contributed by atoms with Crippen molar-refractivity contribution in [2.75, 3.05) is 12.4 Å². The Kier molecular flexibility index (Phi) is 3.58. The van der Waals surface area contributed by atoms with Gasteiger partial charge in [-0.1, -0.05) is 11.6 Å². The van der Waals surface area contributed by atoms with Gasteiger partial charge in [-0.25, -0.2) is 0 Å². The van der Waals surface area contributed by atoms with Crippen LogP contribution in [0.1, 0.15) is 19.3 Å². The van der Waals surface area contributed by atoms with Crippen molar-refractivity contribution in [2.45, 2.75) is 31.4 Å². The van der Waals surface area contributed by atoms with Crippen molar-refractivity contribution < 1.29 is 4.74 Å². The lowest BCUT2D eigenvalue weighted by Crippen LogP contribution is -2.29. The molecule has 1 aromatic carbocycles. The lowest BCUT2D eigenvalue weighted by atomic mass is 10.1. The fourth-order valence-corrected chi connectivity index (χ4v) is 2.99. The average molecular weight is 277 g/mol. The van der Waals surface area contributed by atoms with E-state index in [1.807, 2.05) is 30.5 Å². The van der Waals surface area contributed by atoms with Crippen molar-refractivity contribution in [1.29, 1.82) is 0 Å². The van der Waals surface area contributed by atoms with Crippen LogP contribution in [0.15, 0.2) is 30.5 Å². The second kappa shape index (κ2) is 5.35. The van der Waals surface area contributed by atoms with Crippen LogP contribution in [0.5, 0.6) is 0 Å². The highest BCUT2D eigenvalue weighted by molar-refractivity contribution is 6.31. The summed E-state index contributed by atoms with van der Waals surface area (Å²) in [5.74, 6) is 0. The van der Waals surface area contributed by atoms with Crippen molar-refractivity contribution >= 4 is 28.2 Å². The molecule has 19 heavy (non-hydrogen) atoms. The largest absolute Gasteiger partial charge is 0.379 e. The van der Waals surface area contributed by atoms with Crippen LogP contribution < -0.4 is 5.32 Å². The SMILES string of the molecule is COC1CCCC1Nc1ccnc2cc(Cl)ccc12. The number of nitrogens with zero attached hydrogens (tertiary/aromatic N) is 1. The summed E-state index contributed by atoms with van der Waals surface area (Å²) in [6.07, 6.45) is 5.61. The molecule has 100 valence electrons. The van der Waals surface area contributed by atoms with Gasteiger partial charge in [0.25, 0.3) is 0 Å². The molecule has 2 aromatic rings. The molecule has 1 heterocycles. The molecule has 0 aliphatic heterocycles. The van der Waals surface area contributed by atoms with Crippen LogP contribution in [0, 0.1) is 0 Å². The maximum atomic E-state index is 6.01. The first kappa shape index (κ1) is 12.7. The van der Waals surface area contributed by atoms with Gasteiger partial charge in [0.1, 0.15) is 0 Å². The fraction of sp³-hybridized carbons (Fsp3) is 0.400. The van der Waals surface area contributed by atoms with Crippen LogP contribution in [0.3, 0.4) is 0 Å². The Morgan fingerprint density at radius 3 is 3.05 bits per heavy atom. The number of rotatable bonds is 3. The Morgan fingerprint density at radius 1 is 1.32 bits per heavy atom. The Labute approximate surface area is 117 Å². The number of methoxy groups -OCH3 is 1. The minimum atomic E-state index is 0.301. The van der Waals surface area contributed by atoms with E-state index < -0.39 is 0 Å². The normalized spacial score (nSPS) is 22.8. The number of hydrogen-bond acceptors (Lipinski definition) is 3. The van der Waals surface area contributed by atoms with Gasteiger partial charge in [0.05, 0.1) is 17.7 Å². The van der Waals surface area contributed by atoms with Gasteiger partial charge in [-0.15, -0.1) is 0 Å². The lowest BCUT2D eigenvalue weighted by Gasteiger charge is -2.21. The number of hydrogen-bond donors (Lipinski definition) is 1. The zero-order chi connectivity index (χ0) is 13.2. The monoisotopic (exact) mass is 276 g/mol. The van der Waals surface area contributed by atoms with E-state index in [9.17, 15) is 0 Å². The van der Waals surface area contributed by atoms with E-state index in [-0.39, 0.29) is 0 Å². The van der Waals surface area contributed by atoms with E-state index in [4.69, 9.17) is 16.3 Å². The van der Waals surface area contributed by atoms with Crippen molar-refractivity contribution in [1.82, 2.24) is 4.98 Å². The summed E-state index contributed by atoms with van der Waals surface area (Å²) in [7, 11) is 1.79. The number of nitrogens with one attached hydrogen (secondary N) is 1. The first-order valence-electron chi connectivity index (χ1n) is 6.61. The third-order valence-corrected chi connectivity index (χ3v) is 4.04. The average Bonchev–Trinajstić information content (AvgIpc) is 2.86. The minimum absolute atomic E-state index is 0.301. The molecule has 1 aliphatic carbocycles. The van der Waals surface area contributed by atoms with Crippen molar-refractivity contribution in [3.8, 4) is 0 Å². The van der Waals surface area contributed by atoms with Crippen molar-refractivity contribution in [2.24, 2.45) is 0 Å². The molecule has 3 rings (SSSR count). The summed E-state index contributed by atoms with van der Waals surface area (Å²) in [5.41, 5.74) is 2.03. The van der Waals surface area contributed by atoms with E-state index in [0.717, 1.165) is 29.4 Å². The second-order valence-electron chi connectivity index (χ2n) is 4.98. The zero-order valence-corrected chi connectivity index (χ0v) is 11.7. The Hall–Kier alpha value is -1.32. The highest BCUT2D eigenvalue weighted by atomic mass is 35.5. The fourth-order valence-electron chi connectivity index (χ4n) is 2.82. The van der Waals surface area contributed by atoms with Gasteiger partial charge in [-0.05, 0) is 43.5 Å². The second-order valence-corrected chi connectivity index (χ2v) is 5.41. The predicted molar refractivity (Wildman–Crippen MR) is 78.8 cm³/mol. The molecule has 4 heteroatoms. The summed E-state index contributed by atoms with van der Waals surface area (Å²) in [4.78, 5) is 4.36. The van der Waals surface area contributed by atoms with Gasteiger partial charge in [0.2, 0.25) is 0 Å². The summed E-state index contributed by atoms with van der Waals surface area (Å²) in [6, 6.07) is 8.21.